The molecule has 0 fully saturated rings. The number of amides is 1. The van der Waals surface area contributed by atoms with Crippen LogP contribution in [0.3, 0.4) is 0 Å². The van der Waals surface area contributed by atoms with E-state index in [0.29, 0.717) is 6.42 Å². The van der Waals surface area contributed by atoms with E-state index in [-0.39, 0.29) is 5.91 Å². The van der Waals surface area contributed by atoms with Gasteiger partial charge in [0.2, 0.25) is 5.91 Å². The number of benzene rings is 2. The van der Waals surface area contributed by atoms with Crippen molar-refractivity contribution in [2.75, 3.05) is 17.3 Å². The van der Waals surface area contributed by atoms with E-state index in [4.69, 9.17) is 11.6 Å². The highest BCUT2D eigenvalue weighted by atomic mass is 35.5. The second-order valence-electron chi connectivity index (χ2n) is 4.33. The molecule has 0 aliphatic carbocycles. The lowest BCUT2D eigenvalue weighted by Crippen LogP contribution is -2.12. The molecule has 21 heavy (non-hydrogen) atoms. The molecule has 0 aliphatic heterocycles. The molecular formula is C16H16ClNOS2. The van der Waals surface area contributed by atoms with Crippen LogP contribution in [-0.4, -0.2) is 17.9 Å². The van der Waals surface area contributed by atoms with Crippen LogP contribution < -0.4 is 5.32 Å². The van der Waals surface area contributed by atoms with Crippen molar-refractivity contribution in [1.82, 2.24) is 0 Å². The van der Waals surface area contributed by atoms with Gasteiger partial charge in [-0.3, -0.25) is 4.79 Å². The molecule has 0 heterocycles. The van der Waals surface area contributed by atoms with Crippen molar-refractivity contribution in [3.8, 4) is 0 Å². The van der Waals surface area contributed by atoms with Gasteiger partial charge in [-0.05, 0) is 48.7 Å². The summed E-state index contributed by atoms with van der Waals surface area (Å²) in [5.41, 5.74) is 0.850. The number of hydrogen-bond donors (Lipinski definition) is 1. The molecular weight excluding hydrogens is 322 g/mol. The average molecular weight is 338 g/mol. The lowest BCUT2D eigenvalue weighted by molar-refractivity contribution is -0.115. The number of carbonyl (C=O) groups excluding carboxylic acids is 1. The Kier molecular flexibility index (Phi) is 6.49. The van der Waals surface area contributed by atoms with Crippen LogP contribution in [0.2, 0.25) is 5.02 Å². The molecule has 0 spiro atoms. The van der Waals surface area contributed by atoms with Crippen LogP contribution in [0, 0.1) is 0 Å². The maximum absolute atomic E-state index is 11.9. The fraction of sp³-hybridized carbons (Fsp3) is 0.188. The maximum atomic E-state index is 11.9. The minimum absolute atomic E-state index is 0.0368. The number of nitrogens with one attached hydrogen (secondary N) is 1. The third-order valence-corrected chi connectivity index (χ3v) is 4.76. The summed E-state index contributed by atoms with van der Waals surface area (Å²) in [6.45, 7) is 0. The van der Waals surface area contributed by atoms with Gasteiger partial charge in [-0.25, -0.2) is 0 Å². The number of hydrogen-bond acceptors (Lipinski definition) is 3. The number of rotatable bonds is 6. The Morgan fingerprint density at radius 1 is 1.14 bits per heavy atom. The first kappa shape index (κ1) is 16.3. The fourth-order valence-electron chi connectivity index (χ4n) is 1.72. The average Bonchev–Trinajstić information content (AvgIpc) is 2.49. The number of halogens is 1. The molecule has 110 valence electrons. The van der Waals surface area contributed by atoms with Crippen LogP contribution >= 0.6 is 35.1 Å². The topological polar surface area (TPSA) is 29.1 Å². The molecule has 0 bridgehead atoms. The molecule has 1 N–H and O–H groups in total. The Morgan fingerprint density at radius 2 is 1.90 bits per heavy atom. The minimum Gasteiger partial charge on any atom is -0.326 e. The lowest BCUT2D eigenvalue weighted by Gasteiger charge is -2.06. The van der Waals surface area contributed by atoms with Gasteiger partial charge in [-0.1, -0.05) is 17.7 Å². The number of thioether (sulfide) groups is 2. The second kappa shape index (κ2) is 8.37. The van der Waals surface area contributed by atoms with E-state index in [9.17, 15) is 4.79 Å². The van der Waals surface area contributed by atoms with Crippen molar-refractivity contribution in [3.63, 3.8) is 0 Å². The van der Waals surface area contributed by atoms with Crippen LogP contribution in [0.1, 0.15) is 6.42 Å². The summed E-state index contributed by atoms with van der Waals surface area (Å²) in [5.74, 6) is 0.782. The smallest absolute Gasteiger partial charge is 0.225 e. The van der Waals surface area contributed by atoms with Crippen molar-refractivity contribution < 1.29 is 4.79 Å². The molecule has 0 unspecified atom stereocenters. The summed E-state index contributed by atoms with van der Waals surface area (Å²) in [5, 5.41) is 3.65. The molecule has 0 radical (unpaired) electrons. The fourth-order valence-corrected chi connectivity index (χ4v) is 3.15. The largest absolute Gasteiger partial charge is 0.326 e. The second-order valence-corrected chi connectivity index (χ2v) is 6.82. The van der Waals surface area contributed by atoms with Crippen LogP contribution in [0.15, 0.2) is 58.3 Å². The van der Waals surface area contributed by atoms with Crippen LogP contribution in [0.4, 0.5) is 5.69 Å². The third-order valence-electron chi connectivity index (χ3n) is 2.76. The van der Waals surface area contributed by atoms with E-state index in [1.807, 2.05) is 54.8 Å². The van der Waals surface area contributed by atoms with E-state index in [0.717, 1.165) is 26.3 Å². The van der Waals surface area contributed by atoms with Gasteiger partial charge in [0.25, 0.3) is 0 Å². The van der Waals surface area contributed by atoms with Crippen molar-refractivity contribution >= 4 is 46.7 Å². The van der Waals surface area contributed by atoms with Crippen LogP contribution in [0.5, 0.6) is 0 Å². The van der Waals surface area contributed by atoms with Crippen LogP contribution in [-0.2, 0) is 4.79 Å². The molecule has 2 nitrogen and oxygen atoms in total. The summed E-state index contributed by atoms with van der Waals surface area (Å²) in [4.78, 5) is 14.2. The Hall–Kier alpha value is -1.10. The molecule has 2 rings (SSSR count). The summed E-state index contributed by atoms with van der Waals surface area (Å²) in [7, 11) is 0. The highest BCUT2D eigenvalue weighted by Gasteiger charge is 2.04. The van der Waals surface area contributed by atoms with Gasteiger partial charge in [0, 0.05) is 32.7 Å². The van der Waals surface area contributed by atoms with Gasteiger partial charge in [0.05, 0.1) is 0 Å². The monoisotopic (exact) mass is 337 g/mol. The van der Waals surface area contributed by atoms with Gasteiger partial charge in [0.15, 0.2) is 0 Å². The highest BCUT2D eigenvalue weighted by molar-refractivity contribution is 7.99. The summed E-state index contributed by atoms with van der Waals surface area (Å²) < 4.78 is 0. The highest BCUT2D eigenvalue weighted by Crippen LogP contribution is 2.22. The summed E-state index contributed by atoms with van der Waals surface area (Å²) in [6, 6.07) is 15.5. The van der Waals surface area contributed by atoms with Gasteiger partial charge >= 0.3 is 0 Å². The maximum Gasteiger partial charge on any atom is 0.225 e. The van der Waals surface area contributed by atoms with Gasteiger partial charge in [-0.2, -0.15) is 0 Å². The van der Waals surface area contributed by atoms with Gasteiger partial charge < -0.3 is 5.32 Å². The molecule has 5 heteroatoms. The summed E-state index contributed by atoms with van der Waals surface area (Å²) in [6.07, 6.45) is 2.50. The zero-order chi connectivity index (χ0) is 15.1. The first-order valence-electron chi connectivity index (χ1n) is 6.49. The Bertz CT molecular complexity index is 601. The first-order valence-corrected chi connectivity index (χ1v) is 9.08. The molecule has 1 amide bonds. The molecule has 0 aliphatic rings. The van der Waals surface area contributed by atoms with Crippen molar-refractivity contribution in [2.45, 2.75) is 16.2 Å². The Balaban J connectivity index is 1.78. The number of carbonyl (C=O) groups is 1. The Labute approximate surface area is 138 Å². The molecule has 0 aromatic heterocycles. The van der Waals surface area contributed by atoms with Gasteiger partial charge in [-0.15, -0.1) is 23.5 Å². The van der Waals surface area contributed by atoms with Crippen molar-refractivity contribution in [3.05, 3.63) is 53.6 Å². The third kappa shape index (κ3) is 5.65. The molecule has 2 aromatic carbocycles. The molecule has 2 aromatic rings. The quantitative estimate of drug-likeness (QED) is 0.736. The minimum atomic E-state index is 0.0368. The standard InChI is InChI=1S/C16H16ClNOS2/c1-20-15-4-2-3-13(11-15)18-16(19)9-10-21-14-7-5-12(17)6-8-14/h2-8,11H,9-10H2,1H3,(H,18,19). The van der Waals surface area contributed by atoms with E-state index in [1.54, 1.807) is 23.5 Å². The van der Waals surface area contributed by atoms with Crippen LogP contribution in [0.25, 0.3) is 0 Å². The van der Waals surface area contributed by atoms with Gasteiger partial charge in [0.1, 0.15) is 0 Å². The predicted molar refractivity (Wildman–Crippen MR) is 93.6 cm³/mol. The van der Waals surface area contributed by atoms with E-state index in [1.165, 1.54) is 0 Å². The van der Waals surface area contributed by atoms with E-state index < -0.39 is 0 Å². The summed E-state index contributed by atoms with van der Waals surface area (Å²) >= 11 is 9.15. The van der Waals surface area contributed by atoms with E-state index >= 15 is 0 Å². The molecule has 0 atom stereocenters. The zero-order valence-electron chi connectivity index (χ0n) is 11.6. The number of anilines is 1. The van der Waals surface area contributed by atoms with Crippen molar-refractivity contribution in [2.24, 2.45) is 0 Å². The lowest BCUT2D eigenvalue weighted by atomic mass is 10.3. The Morgan fingerprint density at radius 3 is 2.62 bits per heavy atom. The zero-order valence-corrected chi connectivity index (χ0v) is 14.0. The molecule has 0 saturated carbocycles. The predicted octanol–water partition coefficient (Wildman–Crippen LogP) is 5.18. The SMILES string of the molecule is CSc1cccc(NC(=O)CCSc2ccc(Cl)cc2)c1. The normalized spacial score (nSPS) is 10.4. The van der Waals surface area contributed by atoms with Crippen molar-refractivity contribution in [1.29, 1.82) is 0 Å². The first-order chi connectivity index (χ1) is 10.2. The molecule has 0 saturated heterocycles. The van der Waals surface area contributed by atoms with E-state index in [2.05, 4.69) is 5.32 Å².